The second-order valence-corrected chi connectivity index (χ2v) is 6.77. The molecule has 1 fully saturated rings. The molecule has 7 heteroatoms. The van der Waals surface area contributed by atoms with Crippen LogP contribution in [0.5, 0.6) is 11.5 Å². The van der Waals surface area contributed by atoms with Crippen LogP contribution in [0.3, 0.4) is 0 Å². The third-order valence-corrected chi connectivity index (χ3v) is 5.26. The van der Waals surface area contributed by atoms with E-state index in [0.29, 0.717) is 0 Å². The SMILES string of the molecule is COc1ccc(OC)c(-n2c(C)nnc2SCN2CCCCC2)c1. The summed E-state index contributed by atoms with van der Waals surface area (Å²) >= 11 is 1.72. The Kier molecular flexibility index (Phi) is 5.63. The Morgan fingerprint density at radius 1 is 1.08 bits per heavy atom. The van der Waals surface area contributed by atoms with Crippen LogP contribution >= 0.6 is 11.8 Å². The van der Waals surface area contributed by atoms with E-state index in [1.807, 2.05) is 29.7 Å². The van der Waals surface area contributed by atoms with Gasteiger partial charge < -0.3 is 9.47 Å². The van der Waals surface area contributed by atoms with Gasteiger partial charge in [-0.1, -0.05) is 18.2 Å². The first-order valence-corrected chi connectivity index (χ1v) is 9.21. The van der Waals surface area contributed by atoms with Crippen molar-refractivity contribution >= 4 is 11.8 Å². The number of aryl methyl sites for hydroxylation is 1. The number of aromatic nitrogens is 3. The summed E-state index contributed by atoms with van der Waals surface area (Å²) in [5, 5.41) is 9.50. The number of rotatable bonds is 6. The predicted molar refractivity (Wildman–Crippen MR) is 95.3 cm³/mol. The van der Waals surface area contributed by atoms with Crippen LogP contribution in [-0.4, -0.2) is 52.9 Å². The number of benzene rings is 1. The Hall–Kier alpha value is -1.73. The van der Waals surface area contributed by atoms with Crippen LogP contribution in [0, 0.1) is 6.92 Å². The summed E-state index contributed by atoms with van der Waals surface area (Å²) in [6, 6.07) is 5.76. The minimum absolute atomic E-state index is 0.776. The number of hydrogen-bond acceptors (Lipinski definition) is 6. The topological polar surface area (TPSA) is 52.4 Å². The number of hydrogen-bond donors (Lipinski definition) is 0. The monoisotopic (exact) mass is 348 g/mol. The number of piperidine rings is 1. The molecule has 2 aromatic rings. The van der Waals surface area contributed by atoms with Crippen LogP contribution in [0.4, 0.5) is 0 Å². The minimum atomic E-state index is 0.776. The molecule has 0 radical (unpaired) electrons. The van der Waals surface area contributed by atoms with Crippen LogP contribution in [0.2, 0.25) is 0 Å². The molecule has 0 atom stereocenters. The van der Waals surface area contributed by atoms with E-state index in [9.17, 15) is 0 Å². The molecule has 1 aromatic heterocycles. The standard InChI is InChI=1S/C17H24N4O2S/c1-13-18-19-17(24-12-20-9-5-4-6-10-20)21(13)15-11-14(22-2)7-8-16(15)23-3/h7-8,11H,4-6,9-10,12H2,1-3H3. The maximum atomic E-state index is 5.52. The Bertz CT molecular complexity index is 683. The van der Waals surface area contributed by atoms with E-state index in [1.54, 1.807) is 26.0 Å². The average Bonchev–Trinajstić information content (AvgIpc) is 3.00. The van der Waals surface area contributed by atoms with Crippen molar-refractivity contribution in [3.05, 3.63) is 24.0 Å². The molecule has 1 aliphatic rings. The number of ether oxygens (including phenoxy) is 2. The Morgan fingerprint density at radius 2 is 1.88 bits per heavy atom. The van der Waals surface area contributed by atoms with Crippen molar-refractivity contribution in [3.8, 4) is 17.2 Å². The van der Waals surface area contributed by atoms with Crippen molar-refractivity contribution in [2.75, 3.05) is 33.2 Å². The van der Waals surface area contributed by atoms with Crippen molar-refractivity contribution < 1.29 is 9.47 Å². The van der Waals surface area contributed by atoms with Crippen LogP contribution < -0.4 is 9.47 Å². The molecule has 6 nitrogen and oxygen atoms in total. The smallest absolute Gasteiger partial charge is 0.197 e. The minimum Gasteiger partial charge on any atom is -0.497 e. The summed E-state index contributed by atoms with van der Waals surface area (Å²) in [5.41, 5.74) is 0.903. The van der Waals surface area contributed by atoms with E-state index in [1.165, 1.54) is 32.4 Å². The first-order valence-electron chi connectivity index (χ1n) is 8.22. The molecule has 2 heterocycles. The van der Waals surface area contributed by atoms with Crippen LogP contribution in [0.15, 0.2) is 23.4 Å². The Morgan fingerprint density at radius 3 is 2.58 bits per heavy atom. The van der Waals surface area contributed by atoms with Crippen LogP contribution in [0.1, 0.15) is 25.1 Å². The maximum absolute atomic E-state index is 5.52. The lowest BCUT2D eigenvalue weighted by molar-refractivity contribution is 0.266. The number of methoxy groups -OCH3 is 2. The molecule has 130 valence electrons. The fraction of sp³-hybridized carbons (Fsp3) is 0.529. The van der Waals surface area contributed by atoms with Gasteiger partial charge in [0.25, 0.3) is 0 Å². The summed E-state index contributed by atoms with van der Waals surface area (Å²) in [6.07, 6.45) is 3.92. The highest BCUT2D eigenvalue weighted by atomic mass is 32.2. The van der Waals surface area contributed by atoms with Crippen molar-refractivity contribution in [2.45, 2.75) is 31.3 Å². The molecule has 3 rings (SSSR count). The molecule has 0 saturated carbocycles. The van der Waals surface area contributed by atoms with Gasteiger partial charge in [-0.05, 0) is 45.0 Å². The zero-order valence-electron chi connectivity index (χ0n) is 14.5. The van der Waals surface area contributed by atoms with Crippen molar-refractivity contribution in [2.24, 2.45) is 0 Å². The molecule has 0 bridgehead atoms. The van der Waals surface area contributed by atoms with E-state index in [2.05, 4.69) is 15.1 Å². The molecule has 1 saturated heterocycles. The third kappa shape index (κ3) is 3.67. The summed E-state index contributed by atoms with van der Waals surface area (Å²) in [4.78, 5) is 2.48. The number of thioether (sulfide) groups is 1. The van der Waals surface area contributed by atoms with E-state index in [-0.39, 0.29) is 0 Å². The highest BCUT2D eigenvalue weighted by Gasteiger charge is 2.18. The maximum Gasteiger partial charge on any atom is 0.197 e. The summed E-state index contributed by atoms with van der Waals surface area (Å²) in [7, 11) is 3.34. The van der Waals surface area contributed by atoms with Gasteiger partial charge in [0.2, 0.25) is 0 Å². The molecule has 0 aliphatic carbocycles. The third-order valence-electron chi connectivity index (χ3n) is 4.25. The molecule has 1 aromatic carbocycles. The van der Waals surface area contributed by atoms with Crippen LogP contribution in [-0.2, 0) is 0 Å². The van der Waals surface area contributed by atoms with Crippen LogP contribution in [0.25, 0.3) is 5.69 Å². The number of nitrogens with zero attached hydrogens (tertiary/aromatic N) is 4. The normalized spacial score (nSPS) is 15.5. The van der Waals surface area contributed by atoms with E-state index >= 15 is 0 Å². The highest BCUT2D eigenvalue weighted by molar-refractivity contribution is 7.99. The first-order chi connectivity index (χ1) is 11.7. The number of likely N-dealkylation sites (tertiary alicyclic amines) is 1. The average molecular weight is 348 g/mol. The van der Waals surface area contributed by atoms with Gasteiger partial charge in [-0.15, -0.1) is 10.2 Å². The van der Waals surface area contributed by atoms with E-state index < -0.39 is 0 Å². The van der Waals surface area contributed by atoms with Gasteiger partial charge in [0.05, 0.1) is 25.8 Å². The van der Waals surface area contributed by atoms with Gasteiger partial charge in [-0.25, -0.2) is 0 Å². The second-order valence-electron chi connectivity index (χ2n) is 5.86. The Balaban J connectivity index is 1.86. The van der Waals surface area contributed by atoms with E-state index in [4.69, 9.17) is 9.47 Å². The van der Waals surface area contributed by atoms with Gasteiger partial charge in [0.15, 0.2) is 5.16 Å². The molecular formula is C17H24N4O2S. The summed E-state index contributed by atoms with van der Waals surface area (Å²) < 4.78 is 12.9. The lowest BCUT2D eigenvalue weighted by Crippen LogP contribution is -2.29. The van der Waals surface area contributed by atoms with Gasteiger partial charge in [0, 0.05) is 6.07 Å². The van der Waals surface area contributed by atoms with Crippen molar-refractivity contribution in [1.82, 2.24) is 19.7 Å². The lowest BCUT2D eigenvalue weighted by atomic mass is 10.1. The van der Waals surface area contributed by atoms with E-state index in [0.717, 1.165) is 34.0 Å². The molecular weight excluding hydrogens is 324 g/mol. The molecule has 24 heavy (non-hydrogen) atoms. The van der Waals surface area contributed by atoms with Gasteiger partial charge >= 0.3 is 0 Å². The fourth-order valence-electron chi connectivity index (χ4n) is 2.92. The molecule has 0 spiro atoms. The molecule has 0 N–H and O–H groups in total. The predicted octanol–water partition coefficient (Wildman–Crippen LogP) is 3.13. The zero-order chi connectivity index (χ0) is 16.9. The van der Waals surface area contributed by atoms with Gasteiger partial charge in [-0.2, -0.15) is 0 Å². The summed E-state index contributed by atoms with van der Waals surface area (Å²) in [5.74, 6) is 3.33. The lowest BCUT2D eigenvalue weighted by Gasteiger charge is -2.25. The molecule has 0 unspecified atom stereocenters. The van der Waals surface area contributed by atoms with Gasteiger partial charge in [-0.3, -0.25) is 9.47 Å². The first kappa shape index (κ1) is 17.1. The largest absolute Gasteiger partial charge is 0.497 e. The van der Waals surface area contributed by atoms with Gasteiger partial charge in [0.1, 0.15) is 17.3 Å². The Labute approximate surface area is 147 Å². The highest BCUT2D eigenvalue weighted by Crippen LogP contribution is 2.32. The summed E-state index contributed by atoms with van der Waals surface area (Å²) in [6.45, 7) is 4.29. The second kappa shape index (κ2) is 7.90. The quantitative estimate of drug-likeness (QED) is 0.748. The zero-order valence-corrected chi connectivity index (χ0v) is 15.3. The van der Waals surface area contributed by atoms with Crippen molar-refractivity contribution in [3.63, 3.8) is 0 Å². The van der Waals surface area contributed by atoms with Crippen molar-refractivity contribution in [1.29, 1.82) is 0 Å². The fourth-order valence-corrected chi connectivity index (χ4v) is 3.94. The molecule has 0 amide bonds. The molecule has 1 aliphatic heterocycles.